The highest BCUT2D eigenvalue weighted by molar-refractivity contribution is 5.76. The normalized spacial score (nSPS) is 12.4. The molecule has 4 nitrogen and oxygen atoms in total. The highest BCUT2D eigenvalue weighted by atomic mass is 16.4. The number of carboxylic acid groups (broad SMARTS) is 1. The van der Waals surface area contributed by atoms with Crippen molar-refractivity contribution in [2.75, 3.05) is 0 Å². The fourth-order valence-electron chi connectivity index (χ4n) is 2.44. The van der Waals surface area contributed by atoms with Crippen LogP contribution in [-0.2, 0) is 4.79 Å². The van der Waals surface area contributed by atoms with E-state index in [1.165, 1.54) is 0 Å². The molecule has 0 bridgehead atoms. The number of hydrogen-bond acceptors (Lipinski definition) is 2. The molecular weight excluding hydrogens is 240 g/mol. The third-order valence-electron chi connectivity index (χ3n) is 3.49. The first-order chi connectivity index (χ1) is 8.93. The van der Waals surface area contributed by atoms with Gasteiger partial charge >= 0.3 is 5.97 Å². The molecule has 2 aromatic rings. The van der Waals surface area contributed by atoms with Crippen molar-refractivity contribution in [1.29, 1.82) is 0 Å². The van der Waals surface area contributed by atoms with Crippen LogP contribution >= 0.6 is 0 Å². The summed E-state index contributed by atoms with van der Waals surface area (Å²) in [5.41, 5.74) is 4.57. The molecule has 0 spiro atoms. The van der Waals surface area contributed by atoms with Crippen molar-refractivity contribution >= 4 is 5.97 Å². The largest absolute Gasteiger partial charge is 0.481 e. The zero-order chi connectivity index (χ0) is 14.2. The molecule has 19 heavy (non-hydrogen) atoms. The van der Waals surface area contributed by atoms with Gasteiger partial charge < -0.3 is 5.11 Å². The molecule has 1 unspecified atom stereocenters. The van der Waals surface area contributed by atoms with Crippen LogP contribution in [0.5, 0.6) is 0 Å². The van der Waals surface area contributed by atoms with Crippen LogP contribution in [0.2, 0.25) is 0 Å². The van der Waals surface area contributed by atoms with Crippen LogP contribution < -0.4 is 0 Å². The van der Waals surface area contributed by atoms with Crippen LogP contribution in [0.15, 0.2) is 24.3 Å². The maximum Gasteiger partial charge on any atom is 0.310 e. The molecule has 0 aliphatic carbocycles. The van der Waals surface area contributed by atoms with Crippen molar-refractivity contribution in [3.8, 4) is 5.69 Å². The Hall–Kier alpha value is -2.10. The molecule has 1 heterocycles. The first-order valence-electron chi connectivity index (χ1n) is 6.28. The number of aromatic nitrogens is 2. The van der Waals surface area contributed by atoms with E-state index >= 15 is 0 Å². The SMILES string of the molecule is Cc1ccccc1-n1nc(C)c(C(C)C(=O)O)c1C. The number of rotatable bonds is 3. The summed E-state index contributed by atoms with van der Waals surface area (Å²) in [6, 6.07) is 7.94. The van der Waals surface area contributed by atoms with E-state index in [1.54, 1.807) is 6.92 Å². The van der Waals surface area contributed by atoms with Crippen molar-refractivity contribution < 1.29 is 9.90 Å². The summed E-state index contributed by atoms with van der Waals surface area (Å²) < 4.78 is 1.83. The molecule has 1 aromatic heterocycles. The fourth-order valence-corrected chi connectivity index (χ4v) is 2.44. The highest BCUT2D eigenvalue weighted by Crippen LogP contribution is 2.26. The average Bonchev–Trinajstić information content (AvgIpc) is 2.64. The quantitative estimate of drug-likeness (QED) is 0.920. The summed E-state index contributed by atoms with van der Waals surface area (Å²) >= 11 is 0. The lowest BCUT2D eigenvalue weighted by Crippen LogP contribution is -2.10. The van der Waals surface area contributed by atoms with Gasteiger partial charge in [-0.3, -0.25) is 4.79 Å². The average molecular weight is 258 g/mol. The first-order valence-corrected chi connectivity index (χ1v) is 6.28. The van der Waals surface area contributed by atoms with Crippen molar-refractivity contribution in [2.24, 2.45) is 0 Å². The predicted molar refractivity (Wildman–Crippen MR) is 73.8 cm³/mol. The highest BCUT2D eigenvalue weighted by Gasteiger charge is 2.23. The third-order valence-corrected chi connectivity index (χ3v) is 3.49. The van der Waals surface area contributed by atoms with Gasteiger partial charge in [-0.05, 0) is 39.3 Å². The van der Waals surface area contributed by atoms with Crippen molar-refractivity contribution in [1.82, 2.24) is 9.78 Å². The van der Waals surface area contributed by atoms with Crippen LogP contribution in [-0.4, -0.2) is 20.9 Å². The van der Waals surface area contributed by atoms with E-state index in [9.17, 15) is 9.90 Å². The molecular formula is C15H18N2O2. The van der Waals surface area contributed by atoms with E-state index in [4.69, 9.17) is 0 Å². The number of para-hydroxylation sites is 1. The minimum Gasteiger partial charge on any atom is -0.481 e. The molecule has 0 radical (unpaired) electrons. The zero-order valence-corrected chi connectivity index (χ0v) is 11.6. The van der Waals surface area contributed by atoms with Gasteiger partial charge in [0.05, 0.1) is 17.3 Å². The summed E-state index contributed by atoms with van der Waals surface area (Å²) in [7, 11) is 0. The van der Waals surface area contributed by atoms with Crippen molar-refractivity contribution in [2.45, 2.75) is 33.6 Å². The summed E-state index contributed by atoms with van der Waals surface area (Å²) in [4.78, 5) is 11.2. The summed E-state index contributed by atoms with van der Waals surface area (Å²) in [5.74, 6) is -1.37. The van der Waals surface area contributed by atoms with Gasteiger partial charge in [-0.1, -0.05) is 18.2 Å². The topological polar surface area (TPSA) is 55.1 Å². The smallest absolute Gasteiger partial charge is 0.310 e. The zero-order valence-electron chi connectivity index (χ0n) is 11.6. The molecule has 100 valence electrons. The van der Waals surface area contributed by atoms with E-state index in [-0.39, 0.29) is 0 Å². The van der Waals surface area contributed by atoms with Gasteiger partial charge in [0.15, 0.2) is 0 Å². The van der Waals surface area contributed by atoms with E-state index < -0.39 is 11.9 Å². The van der Waals surface area contributed by atoms with Gasteiger partial charge in [0, 0.05) is 11.3 Å². The lowest BCUT2D eigenvalue weighted by atomic mass is 9.99. The second kappa shape index (κ2) is 4.88. The van der Waals surface area contributed by atoms with Gasteiger partial charge in [-0.25, -0.2) is 4.68 Å². The van der Waals surface area contributed by atoms with Gasteiger partial charge in [0.2, 0.25) is 0 Å². The number of carboxylic acids is 1. The third kappa shape index (κ3) is 2.26. The van der Waals surface area contributed by atoms with Crippen molar-refractivity contribution in [3.63, 3.8) is 0 Å². The second-order valence-corrected chi connectivity index (χ2v) is 4.84. The van der Waals surface area contributed by atoms with Gasteiger partial charge in [0.25, 0.3) is 0 Å². The minimum atomic E-state index is -0.824. The molecule has 0 saturated carbocycles. The first kappa shape index (κ1) is 13.3. The second-order valence-electron chi connectivity index (χ2n) is 4.84. The number of benzene rings is 1. The monoisotopic (exact) mass is 258 g/mol. The van der Waals surface area contributed by atoms with Crippen LogP contribution in [0, 0.1) is 20.8 Å². The van der Waals surface area contributed by atoms with E-state index in [0.29, 0.717) is 0 Å². The lowest BCUT2D eigenvalue weighted by molar-refractivity contribution is -0.138. The Balaban J connectivity index is 2.60. The van der Waals surface area contributed by atoms with Crippen LogP contribution in [0.4, 0.5) is 0 Å². The summed E-state index contributed by atoms with van der Waals surface area (Å²) in [6.07, 6.45) is 0. The number of carbonyl (C=O) groups is 1. The fraction of sp³-hybridized carbons (Fsp3) is 0.333. The van der Waals surface area contributed by atoms with E-state index in [2.05, 4.69) is 5.10 Å². The summed E-state index contributed by atoms with van der Waals surface area (Å²) in [5, 5.41) is 13.7. The Morgan fingerprint density at radius 3 is 2.47 bits per heavy atom. The van der Waals surface area contributed by atoms with Crippen LogP contribution in [0.1, 0.15) is 35.4 Å². The van der Waals surface area contributed by atoms with Gasteiger partial charge in [-0.2, -0.15) is 5.10 Å². The lowest BCUT2D eigenvalue weighted by Gasteiger charge is -2.10. The minimum absolute atomic E-state index is 0.544. The Morgan fingerprint density at radius 2 is 1.89 bits per heavy atom. The van der Waals surface area contributed by atoms with E-state index in [0.717, 1.165) is 28.2 Å². The molecule has 2 rings (SSSR count). The van der Waals surface area contributed by atoms with Crippen molar-refractivity contribution in [3.05, 3.63) is 46.8 Å². The molecule has 1 N–H and O–H groups in total. The maximum atomic E-state index is 11.2. The number of aliphatic carboxylic acids is 1. The molecule has 1 atom stereocenters. The molecule has 0 aliphatic heterocycles. The number of nitrogens with zero attached hydrogens (tertiary/aromatic N) is 2. The summed E-state index contributed by atoms with van der Waals surface area (Å²) in [6.45, 7) is 7.49. The molecule has 1 aromatic carbocycles. The standard InChI is InChI=1S/C15H18N2O2/c1-9-7-5-6-8-13(9)17-12(4)14(11(3)16-17)10(2)15(18)19/h5-8,10H,1-4H3,(H,18,19). The molecule has 0 fully saturated rings. The molecule has 0 saturated heterocycles. The Morgan fingerprint density at radius 1 is 1.26 bits per heavy atom. The molecule has 0 amide bonds. The van der Waals surface area contributed by atoms with E-state index in [1.807, 2.05) is 49.7 Å². The predicted octanol–water partition coefficient (Wildman–Crippen LogP) is 2.99. The molecule has 0 aliphatic rings. The van der Waals surface area contributed by atoms with Gasteiger partial charge in [-0.15, -0.1) is 0 Å². The maximum absolute atomic E-state index is 11.2. The number of hydrogen-bond donors (Lipinski definition) is 1. The van der Waals surface area contributed by atoms with Crippen LogP contribution in [0.3, 0.4) is 0 Å². The van der Waals surface area contributed by atoms with Crippen LogP contribution in [0.25, 0.3) is 5.69 Å². The Kier molecular flexibility index (Phi) is 3.42. The molecule has 4 heteroatoms. The Labute approximate surface area is 112 Å². The number of aryl methyl sites for hydroxylation is 2. The Bertz CT molecular complexity index is 629. The van der Waals surface area contributed by atoms with Gasteiger partial charge in [0.1, 0.15) is 0 Å².